The molecule has 0 spiro atoms. The molecule has 0 unspecified atom stereocenters. The van der Waals surface area contributed by atoms with Crippen LogP contribution in [0.3, 0.4) is 0 Å². The van der Waals surface area contributed by atoms with E-state index in [1.165, 1.54) is 17.7 Å². The van der Waals surface area contributed by atoms with E-state index < -0.39 is 10.1 Å². The van der Waals surface area contributed by atoms with Crippen molar-refractivity contribution >= 4 is 16.0 Å². The Bertz CT molecular complexity index is 1130. The average molecular weight is 393 g/mol. The Hall–Kier alpha value is -3.12. The minimum absolute atomic E-state index is 0.0362. The van der Waals surface area contributed by atoms with Gasteiger partial charge < -0.3 is 9.50 Å². The molecular formula is C22H19NO4S. The molecule has 0 saturated carbocycles. The van der Waals surface area contributed by atoms with Gasteiger partial charge in [-0.05, 0) is 54.3 Å². The Kier molecular flexibility index (Phi) is 4.65. The topological polar surface area (TPSA) is 72.5 Å². The van der Waals surface area contributed by atoms with Crippen LogP contribution in [0.15, 0.2) is 71.6 Å². The van der Waals surface area contributed by atoms with Crippen LogP contribution < -0.4 is 9.50 Å². The van der Waals surface area contributed by atoms with Crippen molar-refractivity contribution in [2.75, 3.05) is 6.54 Å². The number of hydrogen-bond acceptors (Lipinski definition) is 4. The maximum absolute atomic E-state index is 12.6. The van der Waals surface area contributed by atoms with Crippen molar-refractivity contribution in [2.45, 2.75) is 18.2 Å². The fourth-order valence-electron chi connectivity index (χ4n) is 3.17. The Balaban J connectivity index is 1.57. The lowest BCUT2D eigenvalue weighted by molar-refractivity contribution is 0.0945. The van der Waals surface area contributed by atoms with Crippen LogP contribution >= 0.6 is 0 Å². The van der Waals surface area contributed by atoms with E-state index in [-0.39, 0.29) is 16.6 Å². The van der Waals surface area contributed by atoms with E-state index in [9.17, 15) is 13.2 Å². The van der Waals surface area contributed by atoms with E-state index in [1.54, 1.807) is 18.2 Å². The molecule has 1 aliphatic rings. The summed E-state index contributed by atoms with van der Waals surface area (Å²) in [5, 5.41) is 2.72. The molecule has 6 heteroatoms. The first-order valence-electron chi connectivity index (χ1n) is 8.95. The molecule has 28 heavy (non-hydrogen) atoms. The van der Waals surface area contributed by atoms with E-state index in [1.807, 2.05) is 43.3 Å². The molecule has 0 saturated heterocycles. The Morgan fingerprint density at radius 2 is 1.54 bits per heavy atom. The molecule has 1 N–H and O–H groups in total. The molecule has 1 amide bonds. The summed E-state index contributed by atoms with van der Waals surface area (Å²) in [5.41, 5.74) is 4.40. The van der Waals surface area contributed by atoms with Gasteiger partial charge in [0.2, 0.25) is 0 Å². The number of amides is 1. The number of rotatable bonds is 4. The van der Waals surface area contributed by atoms with Crippen molar-refractivity contribution < 1.29 is 17.4 Å². The van der Waals surface area contributed by atoms with Gasteiger partial charge >= 0.3 is 10.1 Å². The van der Waals surface area contributed by atoms with Crippen molar-refractivity contribution in [3.05, 3.63) is 83.4 Å². The zero-order valence-electron chi connectivity index (χ0n) is 15.3. The van der Waals surface area contributed by atoms with Crippen LogP contribution in [0.4, 0.5) is 0 Å². The van der Waals surface area contributed by atoms with E-state index in [2.05, 4.69) is 5.32 Å². The molecule has 0 aliphatic carbocycles. The maximum atomic E-state index is 12.6. The van der Waals surface area contributed by atoms with Crippen molar-refractivity contribution in [2.24, 2.45) is 0 Å². The van der Waals surface area contributed by atoms with Gasteiger partial charge in [-0.1, -0.05) is 48.0 Å². The summed E-state index contributed by atoms with van der Waals surface area (Å²) < 4.78 is 30.5. The molecular weight excluding hydrogens is 374 g/mol. The highest BCUT2D eigenvalue weighted by Gasteiger charge is 2.23. The normalized spacial score (nSPS) is 13.5. The third kappa shape index (κ3) is 3.64. The van der Waals surface area contributed by atoms with Gasteiger partial charge in [-0.3, -0.25) is 4.79 Å². The first-order chi connectivity index (χ1) is 13.4. The van der Waals surface area contributed by atoms with Gasteiger partial charge in [0.1, 0.15) is 10.6 Å². The molecule has 3 aromatic carbocycles. The highest BCUT2D eigenvalue weighted by atomic mass is 32.2. The number of aryl methyl sites for hydroxylation is 1. The van der Waals surface area contributed by atoms with Crippen molar-refractivity contribution in [3.8, 4) is 16.9 Å². The zero-order valence-corrected chi connectivity index (χ0v) is 16.1. The molecule has 142 valence electrons. The van der Waals surface area contributed by atoms with Gasteiger partial charge in [-0.2, -0.15) is 8.42 Å². The van der Waals surface area contributed by atoms with Crippen LogP contribution in [0, 0.1) is 6.92 Å². The minimum Gasteiger partial charge on any atom is -0.379 e. The Morgan fingerprint density at radius 3 is 2.21 bits per heavy atom. The maximum Gasteiger partial charge on any atom is 0.339 e. The summed E-state index contributed by atoms with van der Waals surface area (Å²) in [6, 6.07) is 19.5. The first-order valence-corrected chi connectivity index (χ1v) is 10.4. The number of hydrogen-bond donors (Lipinski definition) is 1. The number of nitrogens with one attached hydrogen (secondary N) is 1. The van der Waals surface area contributed by atoms with E-state index in [0.717, 1.165) is 16.7 Å². The monoisotopic (exact) mass is 393 g/mol. The third-order valence-corrected chi connectivity index (χ3v) is 5.98. The number of carbonyl (C=O) groups is 1. The minimum atomic E-state index is -4.03. The lowest BCUT2D eigenvalue weighted by atomic mass is 10.0. The summed E-state index contributed by atoms with van der Waals surface area (Å²) >= 11 is 0. The summed E-state index contributed by atoms with van der Waals surface area (Å²) in [6.07, 6.45) is 0.683. The summed E-state index contributed by atoms with van der Waals surface area (Å²) in [6.45, 7) is 2.58. The van der Waals surface area contributed by atoms with Gasteiger partial charge in [0.25, 0.3) is 5.91 Å². The van der Waals surface area contributed by atoms with Crippen LogP contribution in [0.2, 0.25) is 0 Å². The lowest BCUT2D eigenvalue weighted by Crippen LogP contribution is -2.32. The Labute approximate surface area is 164 Å². The van der Waals surface area contributed by atoms with E-state index >= 15 is 0 Å². The number of carbonyl (C=O) groups excluding carboxylic acids is 1. The molecule has 1 aliphatic heterocycles. The third-order valence-electron chi connectivity index (χ3n) is 4.74. The molecule has 0 atom stereocenters. The summed E-state index contributed by atoms with van der Waals surface area (Å²) in [4.78, 5) is 11.9. The molecule has 5 nitrogen and oxygen atoms in total. The summed E-state index contributed by atoms with van der Waals surface area (Å²) in [7, 11) is -4.03. The van der Waals surface area contributed by atoms with Gasteiger partial charge in [0.15, 0.2) is 0 Å². The van der Waals surface area contributed by atoms with Crippen LogP contribution in [0.25, 0.3) is 11.1 Å². The van der Waals surface area contributed by atoms with Crippen molar-refractivity contribution in [1.82, 2.24) is 5.32 Å². The molecule has 1 heterocycles. The van der Waals surface area contributed by atoms with Gasteiger partial charge in [0, 0.05) is 12.1 Å². The highest BCUT2D eigenvalue weighted by Crippen LogP contribution is 2.26. The van der Waals surface area contributed by atoms with E-state index in [4.69, 9.17) is 4.18 Å². The molecule has 0 fully saturated rings. The SMILES string of the molecule is Cc1ccc(-c2ccc(OS(=O)(=O)c3ccc4c(c3)C(=O)NCC4)cc2)cc1. The molecule has 0 aromatic heterocycles. The first kappa shape index (κ1) is 18.3. The van der Waals surface area contributed by atoms with Gasteiger partial charge in [-0.15, -0.1) is 0 Å². The number of fused-ring (bicyclic) bond motifs is 1. The molecule has 0 bridgehead atoms. The summed E-state index contributed by atoms with van der Waals surface area (Å²) in [5.74, 6) is -0.0428. The predicted molar refractivity (Wildman–Crippen MR) is 107 cm³/mol. The van der Waals surface area contributed by atoms with Crippen LogP contribution in [-0.4, -0.2) is 20.9 Å². The largest absolute Gasteiger partial charge is 0.379 e. The average Bonchev–Trinajstić information content (AvgIpc) is 2.69. The fourth-order valence-corrected chi connectivity index (χ4v) is 4.13. The van der Waals surface area contributed by atoms with E-state index in [0.29, 0.717) is 18.5 Å². The quantitative estimate of drug-likeness (QED) is 0.686. The van der Waals surface area contributed by atoms with Crippen LogP contribution in [0.5, 0.6) is 5.75 Å². The second-order valence-corrected chi connectivity index (χ2v) is 8.30. The highest BCUT2D eigenvalue weighted by molar-refractivity contribution is 7.87. The van der Waals surface area contributed by atoms with Crippen LogP contribution in [0.1, 0.15) is 21.5 Å². The van der Waals surface area contributed by atoms with Crippen LogP contribution in [-0.2, 0) is 16.5 Å². The van der Waals surface area contributed by atoms with Crippen molar-refractivity contribution in [3.63, 3.8) is 0 Å². The molecule has 3 aromatic rings. The zero-order chi connectivity index (χ0) is 19.7. The standard InChI is InChI=1S/C22H19NO4S/c1-15-2-4-16(5-3-15)17-6-9-19(10-7-17)27-28(25,26)20-11-8-18-12-13-23-22(24)21(18)14-20/h2-11,14H,12-13H2,1H3,(H,23,24). The number of benzene rings is 3. The van der Waals surface area contributed by atoms with Crippen molar-refractivity contribution in [1.29, 1.82) is 0 Å². The second-order valence-electron chi connectivity index (χ2n) is 6.75. The second kappa shape index (κ2) is 7.13. The molecule has 0 radical (unpaired) electrons. The lowest BCUT2D eigenvalue weighted by Gasteiger charge is -2.17. The predicted octanol–water partition coefficient (Wildman–Crippen LogP) is 3.72. The molecule has 4 rings (SSSR count). The Morgan fingerprint density at radius 1 is 0.893 bits per heavy atom. The van der Waals surface area contributed by atoms with Gasteiger partial charge in [-0.25, -0.2) is 0 Å². The smallest absolute Gasteiger partial charge is 0.339 e. The fraction of sp³-hybridized carbons (Fsp3) is 0.136. The van der Waals surface area contributed by atoms with Gasteiger partial charge in [0.05, 0.1) is 0 Å².